The summed E-state index contributed by atoms with van der Waals surface area (Å²) in [5.74, 6) is 1.76. The average Bonchev–Trinajstić information content (AvgIpc) is 3.18. The minimum absolute atomic E-state index is 0.181. The Morgan fingerprint density at radius 3 is 1.62 bits per heavy atom. The van der Waals surface area contributed by atoms with Gasteiger partial charge in [0.1, 0.15) is 0 Å². The largest absolute Gasteiger partial charge is 0.650 e. The van der Waals surface area contributed by atoms with Crippen molar-refractivity contribution < 1.29 is 13.4 Å². The molecule has 0 aliphatic heterocycles. The Morgan fingerprint density at radius 1 is 0.792 bits per heavy atom. The van der Waals surface area contributed by atoms with E-state index in [1.165, 1.54) is 0 Å². The second-order valence-electron chi connectivity index (χ2n) is 5.00. The van der Waals surface area contributed by atoms with Crippen molar-refractivity contribution in [3.05, 3.63) is 65.5 Å². The Bertz CT molecular complexity index is 781. The third-order valence-electron chi connectivity index (χ3n) is 3.40. The molecule has 4 aromatic rings. The Labute approximate surface area is 153 Å². The van der Waals surface area contributed by atoms with E-state index < -0.39 is 0 Å². The van der Waals surface area contributed by atoms with Crippen molar-refractivity contribution in [1.29, 1.82) is 0 Å². The van der Waals surface area contributed by atoms with Gasteiger partial charge in [0.15, 0.2) is 0 Å². The molecule has 0 saturated carbocycles. The molecule has 2 aromatic carbocycles. The number of imidazole rings is 2. The van der Waals surface area contributed by atoms with E-state index >= 15 is 0 Å². The van der Waals surface area contributed by atoms with Crippen molar-refractivity contribution in [2.45, 2.75) is 13.1 Å². The van der Waals surface area contributed by atoms with Gasteiger partial charge in [-0.05, 0) is 24.3 Å². The summed E-state index contributed by atoms with van der Waals surface area (Å²) in [6.07, 6.45) is 0. The van der Waals surface area contributed by atoms with E-state index in [1.807, 2.05) is 48.5 Å². The number of aromatic amines is 2. The summed E-state index contributed by atoms with van der Waals surface area (Å²) >= 11 is -0.181. The molecule has 2 aromatic heterocycles. The van der Waals surface area contributed by atoms with Crippen LogP contribution in [0.15, 0.2) is 48.5 Å². The molecule has 0 fully saturated rings. The van der Waals surface area contributed by atoms with Crippen LogP contribution in [0.4, 0.5) is 0 Å². The molecular formula is C16H14Cl2CrN5. The van der Waals surface area contributed by atoms with Crippen molar-refractivity contribution in [3.8, 4) is 0 Å². The third-order valence-corrected chi connectivity index (χ3v) is 3.40. The van der Waals surface area contributed by atoms with Crippen molar-refractivity contribution in [3.63, 3.8) is 0 Å². The van der Waals surface area contributed by atoms with Crippen LogP contribution in [-0.2, 0) is 26.5 Å². The van der Waals surface area contributed by atoms with Gasteiger partial charge in [0.25, 0.3) is 0 Å². The Balaban J connectivity index is 0.000000526. The average molecular weight is 399 g/mol. The van der Waals surface area contributed by atoms with Crippen LogP contribution in [0.3, 0.4) is 0 Å². The van der Waals surface area contributed by atoms with Gasteiger partial charge in [0.05, 0.1) is 33.7 Å². The zero-order chi connectivity index (χ0) is 16.8. The monoisotopic (exact) mass is 398 g/mol. The maximum Gasteiger partial charge on any atom is 0.0885 e. The Hall–Kier alpha value is -1.55. The maximum absolute atomic E-state index is 4.83. The topological polar surface area (TPSA) is 71.5 Å². The first-order chi connectivity index (χ1) is 11.8. The molecule has 5 nitrogen and oxygen atoms in total. The van der Waals surface area contributed by atoms with Crippen LogP contribution in [0.1, 0.15) is 11.6 Å². The SMILES string of the molecule is [Cl][Cr+][Cl].c1ccc2[nH]c(C[N-]Cc3nc4ccccc4[nH]3)nc2c1. The van der Waals surface area contributed by atoms with E-state index in [4.69, 9.17) is 20.1 Å². The van der Waals surface area contributed by atoms with Crippen molar-refractivity contribution >= 4 is 42.2 Å². The Morgan fingerprint density at radius 2 is 1.21 bits per heavy atom. The zero-order valence-electron chi connectivity index (χ0n) is 12.5. The van der Waals surface area contributed by atoms with Gasteiger partial charge < -0.3 is 15.3 Å². The molecule has 2 heterocycles. The van der Waals surface area contributed by atoms with Crippen LogP contribution in [-0.4, -0.2) is 19.9 Å². The van der Waals surface area contributed by atoms with Gasteiger partial charge in [-0.2, -0.15) is 0 Å². The maximum atomic E-state index is 4.83. The molecule has 0 spiro atoms. The van der Waals surface area contributed by atoms with Gasteiger partial charge in [-0.15, -0.1) is 0 Å². The fourth-order valence-corrected chi connectivity index (χ4v) is 2.43. The van der Waals surface area contributed by atoms with Crippen molar-refractivity contribution in [2.24, 2.45) is 0 Å². The van der Waals surface area contributed by atoms with Crippen molar-refractivity contribution in [1.82, 2.24) is 19.9 Å². The molecule has 0 radical (unpaired) electrons. The molecule has 4 rings (SSSR count). The van der Waals surface area contributed by atoms with Gasteiger partial charge >= 0.3 is 33.5 Å². The van der Waals surface area contributed by atoms with Crippen LogP contribution in [0.25, 0.3) is 27.4 Å². The summed E-state index contributed by atoms with van der Waals surface area (Å²) in [6.45, 7) is 1.12. The molecule has 0 unspecified atom stereocenters. The molecule has 0 aliphatic carbocycles. The number of benzene rings is 2. The van der Waals surface area contributed by atoms with E-state index in [1.54, 1.807) is 0 Å². The van der Waals surface area contributed by atoms with E-state index in [9.17, 15) is 0 Å². The molecule has 0 bridgehead atoms. The van der Waals surface area contributed by atoms with Gasteiger partial charge in [0.2, 0.25) is 0 Å². The van der Waals surface area contributed by atoms with E-state index in [0.717, 1.165) is 33.7 Å². The molecule has 0 saturated heterocycles. The molecule has 24 heavy (non-hydrogen) atoms. The van der Waals surface area contributed by atoms with Crippen LogP contribution >= 0.6 is 20.1 Å². The van der Waals surface area contributed by atoms with Crippen LogP contribution < -0.4 is 0 Å². The fourth-order valence-electron chi connectivity index (χ4n) is 2.43. The number of rotatable bonds is 4. The molecule has 123 valence electrons. The number of nitrogens with one attached hydrogen (secondary N) is 2. The quantitative estimate of drug-likeness (QED) is 0.513. The summed E-state index contributed by atoms with van der Waals surface area (Å²) in [4.78, 5) is 15.6. The third kappa shape index (κ3) is 4.29. The fraction of sp³-hybridized carbons (Fsp3) is 0.125. The number of fused-ring (bicyclic) bond motifs is 2. The first kappa shape index (κ1) is 17.3. The minimum atomic E-state index is -0.181. The Kier molecular flexibility index (Phi) is 6.14. The normalized spacial score (nSPS) is 10.6. The molecular weight excluding hydrogens is 385 g/mol. The summed E-state index contributed by atoms with van der Waals surface area (Å²) in [7, 11) is 9.65. The second-order valence-corrected chi connectivity index (χ2v) is 7.11. The predicted molar refractivity (Wildman–Crippen MR) is 94.7 cm³/mol. The molecule has 0 atom stereocenters. The summed E-state index contributed by atoms with van der Waals surface area (Å²) in [5, 5.41) is 4.51. The van der Waals surface area contributed by atoms with Gasteiger partial charge in [-0.25, -0.2) is 9.97 Å². The molecule has 8 heteroatoms. The summed E-state index contributed by atoms with van der Waals surface area (Å²) < 4.78 is 0. The van der Waals surface area contributed by atoms with Crippen LogP contribution in [0, 0.1) is 0 Å². The number of halogens is 2. The number of hydrogen-bond donors (Lipinski definition) is 2. The van der Waals surface area contributed by atoms with E-state index in [-0.39, 0.29) is 13.4 Å². The second kappa shape index (κ2) is 8.52. The zero-order valence-corrected chi connectivity index (χ0v) is 15.3. The predicted octanol–water partition coefficient (Wildman–Crippen LogP) is 4.89. The van der Waals surface area contributed by atoms with Gasteiger partial charge in [-0.3, -0.25) is 0 Å². The first-order valence-electron chi connectivity index (χ1n) is 7.20. The summed E-state index contributed by atoms with van der Waals surface area (Å²) in [5.41, 5.74) is 4.05. The van der Waals surface area contributed by atoms with E-state index in [2.05, 4.69) is 25.3 Å². The number of nitrogens with zero attached hydrogens (tertiary/aromatic N) is 3. The number of H-pyrrole nitrogens is 2. The number of aromatic nitrogens is 4. The standard InChI is InChI=1S/C16H14N5.2ClH.Cr/c1-2-6-12-11(5-1)18-15(19-12)9-17-10-16-20-13-7-3-4-8-14(13)21-16;;;/h1-8H,9-10H2,(H,18,19)(H,20,21);2*1H;/q-1;;;+3/p-2. The molecule has 0 amide bonds. The smallest absolute Gasteiger partial charge is 0.0885 e. The number of para-hydroxylation sites is 4. The van der Waals surface area contributed by atoms with Gasteiger partial charge in [0, 0.05) is 0 Å². The summed E-state index contributed by atoms with van der Waals surface area (Å²) in [6, 6.07) is 16.0. The minimum Gasteiger partial charge on any atom is -0.650 e. The van der Waals surface area contributed by atoms with Crippen molar-refractivity contribution in [2.75, 3.05) is 0 Å². The van der Waals surface area contributed by atoms with Gasteiger partial charge in [-0.1, -0.05) is 37.4 Å². The number of hydrogen-bond acceptors (Lipinski definition) is 2. The van der Waals surface area contributed by atoms with E-state index in [0.29, 0.717) is 13.1 Å². The first-order valence-corrected chi connectivity index (χ1v) is 10.7. The molecule has 0 aliphatic rings. The van der Waals surface area contributed by atoms with Crippen LogP contribution in [0.2, 0.25) is 0 Å². The molecule has 2 N–H and O–H groups in total. The van der Waals surface area contributed by atoms with Crippen LogP contribution in [0.5, 0.6) is 0 Å².